The van der Waals surface area contributed by atoms with Crippen molar-refractivity contribution in [2.75, 3.05) is 14.2 Å². The summed E-state index contributed by atoms with van der Waals surface area (Å²) < 4.78 is 10.8. The van der Waals surface area contributed by atoms with Crippen molar-refractivity contribution in [3.8, 4) is 11.5 Å². The van der Waals surface area contributed by atoms with Gasteiger partial charge in [-0.3, -0.25) is 0 Å². The Morgan fingerprint density at radius 3 is 1.46 bits per heavy atom. The Morgan fingerprint density at radius 2 is 1.31 bits per heavy atom. The molecule has 1 N–H and O–H groups in total. The summed E-state index contributed by atoms with van der Waals surface area (Å²) in [5, 5.41) is 9.63. The molecule has 26 heavy (non-hydrogen) atoms. The van der Waals surface area contributed by atoms with Crippen molar-refractivity contribution in [2.45, 2.75) is 72.1 Å². The monoisotopic (exact) mass is 358 g/mol. The van der Waals surface area contributed by atoms with Gasteiger partial charge < -0.3 is 21.5 Å². The predicted molar refractivity (Wildman–Crippen MR) is 104 cm³/mol. The molecule has 0 atom stereocenters. The minimum atomic E-state index is -1.04. The number of unbranched alkanes of at least 4 members (excludes halogenated alkanes) is 1. The maximum Gasteiger partial charge on any atom is 1.00 e. The largest absolute Gasteiger partial charge is 1.00 e. The van der Waals surface area contributed by atoms with Crippen LogP contribution in [0.5, 0.6) is 11.5 Å². The second-order valence-electron chi connectivity index (χ2n) is 8.07. The normalized spacial score (nSPS) is 11.0. The maximum atomic E-state index is 11.8. The molecule has 0 aromatic heterocycles. The number of rotatable bonds is 4. The van der Waals surface area contributed by atoms with Crippen LogP contribution in [0.15, 0.2) is 6.07 Å². The van der Waals surface area contributed by atoms with E-state index in [9.17, 15) is 9.90 Å². The van der Waals surface area contributed by atoms with Crippen LogP contribution in [-0.2, 0) is 10.8 Å². The number of carboxylic acid groups (broad SMARTS) is 1. The van der Waals surface area contributed by atoms with Gasteiger partial charge in [-0.2, -0.15) is 6.42 Å². The third-order valence-corrected chi connectivity index (χ3v) is 3.82. The molecule has 0 bridgehead atoms. The molecule has 0 unspecified atom stereocenters. The number of benzene rings is 1. The van der Waals surface area contributed by atoms with Gasteiger partial charge in [-0.25, -0.2) is 4.79 Å². The van der Waals surface area contributed by atoms with Crippen LogP contribution in [0.1, 0.15) is 82.8 Å². The van der Waals surface area contributed by atoms with Crippen LogP contribution in [0.3, 0.4) is 0 Å². The molecule has 5 heteroatoms. The van der Waals surface area contributed by atoms with Crippen LogP contribution in [-0.4, -0.2) is 25.3 Å². The number of carbonyl (C=O) groups is 1. The van der Waals surface area contributed by atoms with Crippen molar-refractivity contribution in [1.82, 2.24) is 0 Å². The van der Waals surface area contributed by atoms with E-state index in [0.29, 0.717) is 11.5 Å². The van der Waals surface area contributed by atoms with Crippen molar-refractivity contribution in [3.05, 3.63) is 29.7 Å². The maximum absolute atomic E-state index is 11.8. The van der Waals surface area contributed by atoms with Gasteiger partial charge in [0.25, 0.3) is 0 Å². The molecule has 4 nitrogen and oxygen atoms in total. The standard InChI is InChI=1S/C17H26O4.C4H9.Li/c1-16(2,3)10-9-11(17(4,5)6)14(21-8)12(15(18)19)13(10)20-7;1-3-4-2;/h9H,1-8H3,(H,18,19);1,3-4H2,2H3;/q;-1;+1. The van der Waals surface area contributed by atoms with E-state index < -0.39 is 5.97 Å². The van der Waals surface area contributed by atoms with E-state index in [1.807, 2.05) is 47.6 Å². The second-order valence-corrected chi connectivity index (χ2v) is 8.07. The average molecular weight is 358 g/mol. The number of ether oxygens (including phenoxy) is 2. The Balaban J connectivity index is 0. The van der Waals surface area contributed by atoms with E-state index in [4.69, 9.17) is 9.47 Å². The summed E-state index contributed by atoms with van der Waals surface area (Å²) in [5.41, 5.74) is 1.36. The second kappa shape index (κ2) is 10.9. The van der Waals surface area contributed by atoms with Crippen LogP contribution < -0.4 is 28.3 Å². The predicted octanol–water partition coefficient (Wildman–Crippen LogP) is 2.62. The van der Waals surface area contributed by atoms with Crippen LogP contribution in [0.2, 0.25) is 0 Å². The van der Waals surface area contributed by atoms with Gasteiger partial charge in [-0.05, 0) is 16.9 Å². The van der Waals surface area contributed by atoms with Gasteiger partial charge in [0.1, 0.15) is 17.1 Å². The molecule has 0 aliphatic heterocycles. The first-order valence-corrected chi connectivity index (χ1v) is 8.69. The molecule has 0 amide bonds. The molecule has 0 fully saturated rings. The van der Waals surface area contributed by atoms with E-state index in [0.717, 1.165) is 17.5 Å². The summed E-state index contributed by atoms with van der Waals surface area (Å²) in [5.74, 6) is -0.292. The van der Waals surface area contributed by atoms with E-state index in [-0.39, 0.29) is 35.3 Å². The fourth-order valence-corrected chi connectivity index (χ4v) is 2.38. The molecular formula is C21H35LiO4. The van der Waals surface area contributed by atoms with Gasteiger partial charge in [0.2, 0.25) is 0 Å². The van der Waals surface area contributed by atoms with Crippen molar-refractivity contribution in [2.24, 2.45) is 0 Å². The molecule has 0 aliphatic rings. The topological polar surface area (TPSA) is 55.8 Å². The quantitative estimate of drug-likeness (QED) is 0.664. The number of hydrogen-bond donors (Lipinski definition) is 1. The average Bonchev–Trinajstić information content (AvgIpc) is 2.50. The van der Waals surface area contributed by atoms with Gasteiger partial charge in [0, 0.05) is 11.1 Å². The van der Waals surface area contributed by atoms with Gasteiger partial charge in [-0.15, -0.1) is 0 Å². The molecule has 0 saturated heterocycles. The zero-order chi connectivity index (χ0) is 20.0. The molecule has 1 aromatic carbocycles. The summed E-state index contributed by atoms with van der Waals surface area (Å²) in [6.07, 6.45) is 2.28. The molecule has 0 radical (unpaired) electrons. The Morgan fingerprint density at radius 1 is 1.00 bits per heavy atom. The molecule has 144 valence electrons. The molecule has 0 heterocycles. The fourth-order valence-electron chi connectivity index (χ4n) is 2.38. The Bertz CT molecular complexity index is 539. The third kappa shape index (κ3) is 6.89. The first-order valence-electron chi connectivity index (χ1n) is 8.69. The van der Waals surface area contributed by atoms with E-state index in [1.54, 1.807) is 0 Å². The Hall–Kier alpha value is -1.11. The van der Waals surface area contributed by atoms with Crippen LogP contribution >= 0.6 is 0 Å². The Kier molecular flexibility index (Phi) is 11.4. The first-order chi connectivity index (χ1) is 11.4. The molecule has 0 aliphatic carbocycles. The minimum absolute atomic E-state index is 0. The SMILES string of the molecule is COc1c(C(C)(C)C)cc(C(C)(C)C)c(OC)c1C(=O)O.[CH2-]CCC.[Li+]. The number of carboxylic acids is 1. The number of aromatic carboxylic acids is 1. The van der Waals surface area contributed by atoms with Gasteiger partial charge in [0.15, 0.2) is 0 Å². The number of methoxy groups -OCH3 is 2. The van der Waals surface area contributed by atoms with Crippen molar-refractivity contribution < 1.29 is 38.2 Å². The van der Waals surface area contributed by atoms with Crippen LogP contribution in [0, 0.1) is 6.92 Å². The zero-order valence-electron chi connectivity index (χ0n) is 18.4. The summed E-state index contributed by atoms with van der Waals surface area (Å²) in [6, 6.07) is 2.00. The van der Waals surface area contributed by atoms with Crippen molar-refractivity contribution in [1.29, 1.82) is 0 Å². The molecule has 0 spiro atoms. The van der Waals surface area contributed by atoms with Gasteiger partial charge in [-0.1, -0.05) is 54.9 Å². The minimum Gasteiger partial charge on any atom is -0.495 e. The molecule has 0 saturated carbocycles. The first kappa shape index (κ1) is 27.1. The summed E-state index contributed by atoms with van der Waals surface area (Å²) in [6.45, 7) is 17.9. The summed E-state index contributed by atoms with van der Waals surface area (Å²) in [7, 11) is 2.99. The van der Waals surface area contributed by atoms with Crippen molar-refractivity contribution in [3.63, 3.8) is 0 Å². The smallest absolute Gasteiger partial charge is 0.495 e. The van der Waals surface area contributed by atoms with Crippen LogP contribution in [0.4, 0.5) is 0 Å². The van der Waals surface area contributed by atoms with Gasteiger partial charge in [0.05, 0.1) is 14.2 Å². The summed E-state index contributed by atoms with van der Waals surface area (Å²) >= 11 is 0. The fraction of sp³-hybridized carbons (Fsp3) is 0.619. The summed E-state index contributed by atoms with van der Waals surface area (Å²) in [4.78, 5) is 11.8. The Labute approximate surface area is 171 Å². The zero-order valence-corrected chi connectivity index (χ0v) is 18.4. The van der Waals surface area contributed by atoms with E-state index in [2.05, 4.69) is 13.8 Å². The van der Waals surface area contributed by atoms with Gasteiger partial charge >= 0.3 is 24.8 Å². The molecule has 1 aromatic rings. The molecular weight excluding hydrogens is 323 g/mol. The van der Waals surface area contributed by atoms with E-state index in [1.165, 1.54) is 20.6 Å². The number of hydrogen-bond acceptors (Lipinski definition) is 3. The van der Waals surface area contributed by atoms with E-state index >= 15 is 0 Å². The van der Waals surface area contributed by atoms with Crippen molar-refractivity contribution >= 4 is 5.97 Å². The van der Waals surface area contributed by atoms with Crippen LogP contribution in [0.25, 0.3) is 0 Å². The molecule has 1 rings (SSSR count). The third-order valence-electron chi connectivity index (χ3n) is 3.82.